The van der Waals surface area contributed by atoms with Crippen molar-refractivity contribution in [2.45, 2.75) is 38.1 Å². The van der Waals surface area contributed by atoms with Crippen molar-refractivity contribution in [3.05, 3.63) is 23.8 Å². The average molecular weight is 297 g/mol. The minimum atomic E-state index is 0. The molecule has 1 aliphatic heterocycles. The highest BCUT2D eigenvalue weighted by atomic mass is 35.5. The number of carbonyl (C=O) groups excluding carboxylic acids is 1. The first-order valence-corrected chi connectivity index (χ1v) is 7.03. The number of carbonyl (C=O) groups is 1. The Balaban J connectivity index is 0.00000147. The fourth-order valence-corrected chi connectivity index (χ4v) is 2.77. The summed E-state index contributed by atoms with van der Waals surface area (Å²) in [7, 11) is 0. The minimum absolute atomic E-state index is 0. The zero-order valence-corrected chi connectivity index (χ0v) is 12.5. The van der Waals surface area contributed by atoms with Gasteiger partial charge >= 0.3 is 0 Å². The molecule has 5 nitrogen and oxygen atoms in total. The Hall–Kier alpha value is -1.20. The van der Waals surface area contributed by atoms with Crippen LogP contribution < -0.4 is 5.73 Å². The lowest BCUT2D eigenvalue weighted by molar-refractivity contribution is 0.0737. The van der Waals surface area contributed by atoms with Crippen molar-refractivity contribution in [3.8, 4) is 0 Å². The van der Waals surface area contributed by atoms with E-state index in [0.717, 1.165) is 31.6 Å². The van der Waals surface area contributed by atoms with Crippen molar-refractivity contribution < 1.29 is 4.79 Å². The number of hydrogen-bond donors (Lipinski definition) is 1. The van der Waals surface area contributed by atoms with E-state index < -0.39 is 0 Å². The third-order valence-electron chi connectivity index (χ3n) is 4.09. The molecule has 2 unspecified atom stereocenters. The Morgan fingerprint density at radius 1 is 1.50 bits per heavy atom. The lowest BCUT2D eigenvalue weighted by atomic mass is 10.1. The van der Waals surface area contributed by atoms with E-state index in [1.807, 2.05) is 4.90 Å². The molecule has 1 aromatic heterocycles. The number of hydrogen-bond acceptors (Lipinski definition) is 4. The van der Waals surface area contributed by atoms with Crippen molar-refractivity contribution in [1.29, 1.82) is 0 Å². The summed E-state index contributed by atoms with van der Waals surface area (Å²) in [6.45, 7) is 3.47. The summed E-state index contributed by atoms with van der Waals surface area (Å²) in [5.41, 5.74) is 6.23. The Bertz CT molecular complexity index is 492. The highest BCUT2D eigenvalue weighted by Gasteiger charge is 2.33. The van der Waals surface area contributed by atoms with Crippen molar-refractivity contribution in [2.75, 3.05) is 13.1 Å². The molecule has 3 rings (SSSR count). The lowest BCUT2D eigenvalue weighted by Crippen LogP contribution is -2.35. The van der Waals surface area contributed by atoms with Gasteiger partial charge in [-0.1, -0.05) is 0 Å². The van der Waals surface area contributed by atoms with Crippen LogP contribution in [-0.2, 0) is 0 Å². The van der Waals surface area contributed by atoms with Gasteiger partial charge in [-0.2, -0.15) is 0 Å². The Morgan fingerprint density at radius 3 is 2.85 bits per heavy atom. The number of amides is 1. The fraction of sp³-hybridized carbons (Fsp3) is 0.643. The van der Waals surface area contributed by atoms with Crippen LogP contribution in [0.2, 0.25) is 0 Å². The second-order valence-corrected chi connectivity index (χ2v) is 5.72. The molecule has 2 aliphatic rings. The van der Waals surface area contributed by atoms with Crippen LogP contribution in [0.15, 0.2) is 12.3 Å². The van der Waals surface area contributed by atoms with Crippen molar-refractivity contribution >= 4 is 18.3 Å². The number of nitrogens with zero attached hydrogens (tertiary/aromatic N) is 3. The van der Waals surface area contributed by atoms with Crippen LogP contribution in [-0.4, -0.2) is 39.9 Å². The van der Waals surface area contributed by atoms with Gasteiger partial charge in [0.05, 0.1) is 0 Å². The SMILES string of the molecule is CC1CC(CN)CN1C(=O)c1ccnc(C2CC2)n1.Cl. The molecule has 6 heteroatoms. The van der Waals surface area contributed by atoms with Gasteiger partial charge in [0.1, 0.15) is 11.5 Å². The second-order valence-electron chi connectivity index (χ2n) is 5.72. The molecular weight excluding hydrogens is 276 g/mol. The van der Waals surface area contributed by atoms with Crippen molar-refractivity contribution in [2.24, 2.45) is 11.7 Å². The third kappa shape index (κ3) is 2.94. The molecule has 2 fully saturated rings. The van der Waals surface area contributed by atoms with Crippen LogP contribution in [0.5, 0.6) is 0 Å². The molecule has 110 valence electrons. The van der Waals surface area contributed by atoms with Gasteiger partial charge in [-0.25, -0.2) is 9.97 Å². The summed E-state index contributed by atoms with van der Waals surface area (Å²) in [6, 6.07) is 1.97. The lowest BCUT2D eigenvalue weighted by Gasteiger charge is -2.21. The van der Waals surface area contributed by atoms with Crippen molar-refractivity contribution in [3.63, 3.8) is 0 Å². The number of halogens is 1. The third-order valence-corrected chi connectivity index (χ3v) is 4.09. The second kappa shape index (κ2) is 6.06. The molecule has 2 atom stereocenters. The standard InChI is InChI=1S/C14H20N4O.ClH/c1-9-6-10(7-15)8-18(9)14(19)12-4-5-16-13(17-12)11-2-3-11;/h4-5,9-11H,2-3,6-8,15H2,1H3;1H. The van der Waals surface area contributed by atoms with E-state index in [4.69, 9.17) is 5.73 Å². The first-order valence-electron chi connectivity index (χ1n) is 7.03. The molecule has 0 spiro atoms. The molecule has 1 saturated carbocycles. The van der Waals surface area contributed by atoms with Crippen LogP contribution >= 0.6 is 12.4 Å². The molecule has 1 amide bonds. The normalized spacial score (nSPS) is 25.4. The van der Waals surface area contributed by atoms with Gasteiger partial charge in [0.2, 0.25) is 0 Å². The van der Waals surface area contributed by atoms with Crippen LogP contribution in [0.3, 0.4) is 0 Å². The first kappa shape index (κ1) is 15.2. The van der Waals surface area contributed by atoms with Gasteiger partial charge in [-0.05, 0) is 44.7 Å². The number of likely N-dealkylation sites (tertiary alicyclic amines) is 1. The largest absolute Gasteiger partial charge is 0.334 e. The van der Waals surface area contributed by atoms with Gasteiger partial charge in [0.25, 0.3) is 5.91 Å². The molecule has 20 heavy (non-hydrogen) atoms. The Morgan fingerprint density at radius 2 is 2.25 bits per heavy atom. The molecule has 2 N–H and O–H groups in total. The molecule has 2 heterocycles. The monoisotopic (exact) mass is 296 g/mol. The van der Waals surface area contributed by atoms with Gasteiger partial charge in [0, 0.05) is 24.7 Å². The highest BCUT2D eigenvalue weighted by molar-refractivity contribution is 5.92. The van der Waals surface area contributed by atoms with E-state index in [0.29, 0.717) is 24.1 Å². The average Bonchev–Trinajstić information content (AvgIpc) is 3.21. The summed E-state index contributed by atoms with van der Waals surface area (Å²) in [5, 5.41) is 0. The zero-order chi connectivity index (χ0) is 13.4. The van der Waals surface area contributed by atoms with Crippen LogP contribution in [0.1, 0.15) is 48.4 Å². The van der Waals surface area contributed by atoms with Gasteiger partial charge in [0.15, 0.2) is 0 Å². The van der Waals surface area contributed by atoms with Gasteiger partial charge < -0.3 is 10.6 Å². The summed E-state index contributed by atoms with van der Waals surface area (Å²) in [4.78, 5) is 23.1. The maximum Gasteiger partial charge on any atom is 0.272 e. The van der Waals surface area contributed by atoms with Gasteiger partial charge in [-0.15, -0.1) is 12.4 Å². The predicted octanol–water partition coefficient (Wildman–Crippen LogP) is 1.59. The number of nitrogens with two attached hydrogens (primary N) is 1. The quantitative estimate of drug-likeness (QED) is 0.919. The van der Waals surface area contributed by atoms with Crippen LogP contribution in [0, 0.1) is 5.92 Å². The molecule has 0 aromatic carbocycles. The summed E-state index contributed by atoms with van der Waals surface area (Å²) < 4.78 is 0. The van der Waals surface area contributed by atoms with Crippen LogP contribution in [0.4, 0.5) is 0 Å². The molecule has 0 radical (unpaired) electrons. The van der Waals surface area contributed by atoms with E-state index in [9.17, 15) is 4.79 Å². The van der Waals surface area contributed by atoms with Crippen LogP contribution in [0.25, 0.3) is 0 Å². The molecule has 1 saturated heterocycles. The maximum absolute atomic E-state index is 12.5. The van der Waals surface area contributed by atoms with Gasteiger partial charge in [-0.3, -0.25) is 4.79 Å². The smallest absolute Gasteiger partial charge is 0.272 e. The fourth-order valence-electron chi connectivity index (χ4n) is 2.77. The van der Waals surface area contributed by atoms with E-state index >= 15 is 0 Å². The zero-order valence-electron chi connectivity index (χ0n) is 11.7. The predicted molar refractivity (Wildman–Crippen MR) is 78.9 cm³/mol. The summed E-state index contributed by atoms with van der Waals surface area (Å²) in [5.74, 6) is 1.74. The van der Waals surface area contributed by atoms with Crippen molar-refractivity contribution in [1.82, 2.24) is 14.9 Å². The summed E-state index contributed by atoms with van der Waals surface area (Å²) in [6.07, 6.45) is 4.98. The number of aromatic nitrogens is 2. The molecule has 1 aromatic rings. The van der Waals surface area contributed by atoms with E-state index in [-0.39, 0.29) is 24.4 Å². The Labute approximate surface area is 125 Å². The topological polar surface area (TPSA) is 72.1 Å². The first-order chi connectivity index (χ1) is 9.19. The minimum Gasteiger partial charge on any atom is -0.334 e. The molecule has 1 aliphatic carbocycles. The van der Waals surface area contributed by atoms with E-state index in [1.54, 1.807) is 12.3 Å². The number of rotatable bonds is 3. The maximum atomic E-state index is 12.5. The highest BCUT2D eigenvalue weighted by Crippen LogP contribution is 2.37. The van der Waals surface area contributed by atoms with E-state index in [1.165, 1.54) is 0 Å². The Kier molecular flexibility index (Phi) is 4.60. The van der Waals surface area contributed by atoms with E-state index in [2.05, 4.69) is 16.9 Å². The summed E-state index contributed by atoms with van der Waals surface area (Å²) >= 11 is 0. The molecular formula is C14H21ClN4O. The molecule has 0 bridgehead atoms.